The van der Waals surface area contributed by atoms with Crippen molar-refractivity contribution in [3.63, 3.8) is 0 Å². The molecule has 5 nitrogen and oxygen atoms in total. The fourth-order valence-electron chi connectivity index (χ4n) is 3.13. The van der Waals surface area contributed by atoms with Gasteiger partial charge in [0.25, 0.3) is 0 Å². The van der Waals surface area contributed by atoms with Gasteiger partial charge in [-0.25, -0.2) is 0 Å². The highest BCUT2D eigenvalue weighted by Crippen LogP contribution is 2.23. The maximum absolute atomic E-state index is 11.3. The highest BCUT2D eigenvalue weighted by molar-refractivity contribution is 5.73. The van der Waals surface area contributed by atoms with Gasteiger partial charge in [0.15, 0.2) is 0 Å². The Balaban J connectivity index is 1.60. The third-order valence-corrected chi connectivity index (χ3v) is 4.39. The number of hydrogen-bond donors (Lipinski definition) is 0. The summed E-state index contributed by atoms with van der Waals surface area (Å²) in [6.45, 7) is 7.50. The summed E-state index contributed by atoms with van der Waals surface area (Å²) in [5, 5.41) is 0. The molecule has 2 amide bonds. The lowest BCUT2D eigenvalue weighted by molar-refractivity contribution is -0.130. The highest BCUT2D eigenvalue weighted by Gasteiger charge is 2.20. The molecule has 0 bridgehead atoms. The summed E-state index contributed by atoms with van der Waals surface area (Å²) in [5.41, 5.74) is 3.81. The molecule has 0 radical (unpaired) electrons. The normalized spacial score (nSPS) is 18.7. The Hall–Kier alpha value is -1.88. The van der Waals surface area contributed by atoms with Crippen LogP contribution in [0.4, 0.5) is 0 Å². The molecule has 0 aliphatic carbocycles. The lowest BCUT2D eigenvalue weighted by Gasteiger charge is -2.34. The van der Waals surface area contributed by atoms with E-state index in [1.165, 1.54) is 16.7 Å². The maximum Gasteiger partial charge on any atom is 0.219 e. The zero-order valence-electron chi connectivity index (χ0n) is 12.4. The number of amides is 2. The second kappa shape index (κ2) is 5.85. The Labute approximate surface area is 125 Å². The van der Waals surface area contributed by atoms with Crippen LogP contribution in [0.3, 0.4) is 0 Å². The van der Waals surface area contributed by atoms with E-state index in [-0.39, 0.29) is 5.91 Å². The summed E-state index contributed by atoms with van der Waals surface area (Å²) in [6, 6.07) is 6.51. The molecule has 1 aromatic carbocycles. The molecule has 1 fully saturated rings. The van der Waals surface area contributed by atoms with Crippen molar-refractivity contribution in [1.82, 2.24) is 14.7 Å². The Morgan fingerprint density at radius 1 is 1.14 bits per heavy atom. The molecule has 2 aliphatic rings. The van der Waals surface area contributed by atoms with Crippen molar-refractivity contribution < 1.29 is 9.59 Å². The first kappa shape index (κ1) is 14.1. The molecule has 1 aromatic rings. The topological polar surface area (TPSA) is 43.9 Å². The van der Waals surface area contributed by atoms with Crippen LogP contribution in [-0.4, -0.2) is 53.2 Å². The molecule has 3 rings (SSSR count). The number of fused-ring (bicyclic) bond motifs is 1. The maximum atomic E-state index is 11.3. The van der Waals surface area contributed by atoms with E-state index >= 15 is 0 Å². The zero-order valence-corrected chi connectivity index (χ0v) is 12.4. The molecule has 0 spiro atoms. The van der Waals surface area contributed by atoms with Crippen molar-refractivity contribution in [2.24, 2.45) is 0 Å². The van der Waals surface area contributed by atoms with Crippen LogP contribution < -0.4 is 0 Å². The Kier molecular flexibility index (Phi) is 3.92. The predicted molar refractivity (Wildman–Crippen MR) is 79.3 cm³/mol. The number of benzene rings is 1. The van der Waals surface area contributed by atoms with Crippen molar-refractivity contribution in [3.8, 4) is 0 Å². The molecule has 1 saturated heterocycles. The molecule has 21 heavy (non-hydrogen) atoms. The Bertz CT molecular complexity index is 550. The van der Waals surface area contributed by atoms with Gasteiger partial charge in [-0.15, -0.1) is 0 Å². The summed E-state index contributed by atoms with van der Waals surface area (Å²) in [6.07, 6.45) is 0.917. The second-order valence-corrected chi connectivity index (χ2v) is 5.90. The van der Waals surface area contributed by atoms with Gasteiger partial charge in [-0.3, -0.25) is 14.5 Å². The molecule has 0 unspecified atom stereocenters. The molecule has 2 aliphatic heterocycles. The van der Waals surface area contributed by atoms with E-state index in [2.05, 4.69) is 23.1 Å². The second-order valence-electron chi connectivity index (χ2n) is 5.90. The molecule has 0 atom stereocenters. The molecule has 0 N–H and O–H groups in total. The van der Waals surface area contributed by atoms with E-state index in [1.807, 2.05) is 4.90 Å². The summed E-state index contributed by atoms with van der Waals surface area (Å²) in [5.74, 6) is 0.168. The van der Waals surface area contributed by atoms with Crippen molar-refractivity contribution >= 4 is 12.3 Å². The minimum Gasteiger partial charge on any atom is -0.340 e. The van der Waals surface area contributed by atoms with Gasteiger partial charge in [-0.05, 0) is 16.7 Å². The van der Waals surface area contributed by atoms with Crippen LogP contribution in [0, 0.1) is 0 Å². The summed E-state index contributed by atoms with van der Waals surface area (Å²) >= 11 is 0. The van der Waals surface area contributed by atoms with Gasteiger partial charge in [0.1, 0.15) is 0 Å². The average Bonchev–Trinajstić information content (AvgIpc) is 2.90. The van der Waals surface area contributed by atoms with Crippen LogP contribution in [0.1, 0.15) is 23.6 Å². The fourth-order valence-corrected chi connectivity index (χ4v) is 3.13. The highest BCUT2D eigenvalue weighted by atomic mass is 16.2. The summed E-state index contributed by atoms with van der Waals surface area (Å²) in [4.78, 5) is 28.3. The van der Waals surface area contributed by atoms with Crippen molar-refractivity contribution in [2.45, 2.75) is 26.6 Å². The number of carbonyl (C=O) groups excluding carboxylic acids is 2. The SMILES string of the molecule is CC(=O)N1CCN(Cc2ccc3c(c2)CN(C=O)C3)CC1. The first-order valence-corrected chi connectivity index (χ1v) is 7.43. The minimum atomic E-state index is 0.168. The molecule has 0 saturated carbocycles. The first-order chi connectivity index (χ1) is 10.2. The van der Waals surface area contributed by atoms with Crippen LogP contribution in [0.5, 0.6) is 0 Å². The molecule has 0 aromatic heterocycles. The minimum absolute atomic E-state index is 0.168. The Morgan fingerprint density at radius 3 is 2.52 bits per heavy atom. The number of nitrogens with zero attached hydrogens (tertiary/aromatic N) is 3. The first-order valence-electron chi connectivity index (χ1n) is 7.43. The van der Waals surface area contributed by atoms with Crippen LogP contribution >= 0.6 is 0 Å². The Morgan fingerprint density at radius 2 is 1.86 bits per heavy atom. The van der Waals surface area contributed by atoms with E-state index in [0.29, 0.717) is 0 Å². The third kappa shape index (κ3) is 3.08. The van der Waals surface area contributed by atoms with Gasteiger partial charge >= 0.3 is 0 Å². The van der Waals surface area contributed by atoms with Crippen LogP contribution in [-0.2, 0) is 29.2 Å². The van der Waals surface area contributed by atoms with Crippen LogP contribution in [0.15, 0.2) is 18.2 Å². The van der Waals surface area contributed by atoms with Gasteiger partial charge < -0.3 is 9.80 Å². The lowest BCUT2D eigenvalue weighted by atomic mass is 10.1. The van der Waals surface area contributed by atoms with Gasteiger partial charge in [0.2, 0.25) is 12.3 Å². The van der Waals surface area contributed by atoms with Crippen molar-refractivity contribution in [1.29, 1.82) is 0 Å². The molecule has 2 heterocycles. The molecule has 112 valence electrons. The number of piperazine rings is 1. The van der Waals surface area contributed by atoms with E-state index in [9.17, 15) is 9.59 Å². The smallest absolute Gasteiger partial charge is 0.219 e. The van der Waals surface area contributed by atoms with Gasteiger partial charge in [0.05, 0.1) is 0 Å². The number of rotatable bonds is 3. The van der Waals surface area contributed by atoms with E-state index in [1.54, 1.807) is 11.8 Å². The van der Waals surface area contributed by atoms with Crippen molar-refractivity contribution in [3.05, 3.63) is 34.9 Å². The van der Waals surface area contributed by atoms with Gasteiger partial charge in [0, 0.05) is 52.7 Å². The lowest BCUT2D eigenvalue weighted by Crippen LogP contribution is -2.47. The van der Waals surface area contributed by atoms with Gasteiger partial charge in [-0.2, -0.15) is 0 Å². The van der Waals surface area contributed by atoms with E-state index < -0.39 is 0 Å². The van der Waals surface area contributed by atoms with Gasteiger partial charge in [-0.1, -0.05) is 18.2 Å². The third-order valence-electron chi connectivity index (χ3n) is 4.39. The molecule has 5 heteroatoms. The number of hydrogen-bond acceptors (Lipinski definition) is 3. The standard InChI is InChI=1S/C16H21N3O2/c1-13(21)19-6-4-17(5-7-19)9-14-2-3-15-10-18(12-20)11-16(15)8-14/h2-3,8,12H,4-7,9-11H2,1H3. The number of carbonyl (C=O) groups is 2. The van der Waals surface area contributed by atoms with Crippen LogP contribution in [0.2, 0.25) is 0 Å². The monoisotopic (exact) mass is 287 g/mol. The summed E-state index contributed by atoms with van der Waals surface area (Å²) < 4.78 is 0. The fraction of sp³-hybridized carbons (Fsp3) is 0.500. The van der Waals surface area contributed by atoms with E-state index in [4.69, 9.17) is 0 Å². The molecular weight excluding hydrogens is 266 g/mol. The summed E-state index contributed by atoms with van der Waals surface area (Å²) in [7, 11) is 0. The molecular formula is C16H21N3O2. The van der Waals surface area contributed by atoms with E-state index in [0.717, 1.165) is 52.2 Å². The average molecular weight is 287 g/mol. The quantitative estimate of drug-likeness (QED) is 0.773. The largest absolute Gasteiger partial charge is 0.340 e. The zero-order chi connectivity index (χ0) is 14.8. The van der Waals surface area contributed by atoms with Crippen molar-refractivity contribution in [2.75, 3.05) is 26.2 Å². The van der Waals surface area contributed by atoms with Crippen LogP contribution in [0.25, 0.3) is 0 Å². The predicted octanol–water partition coefficient (Wildman–Crippen LogP) is 0.823.